The maximum absolute atomic E-state index is 4.27. The molecule has 3 nitrogen and oxygen atoms in total. The Morgan fingerprint density at radius 1 is 1.28 bits per heavy atom. The molecule has 1 aromatic carbocycles. The molecule has 1 saturated carbocycles. The molecule has 0 heterocycles. The fraction of sp³-hybridized carbons (Fsp3) is 0.500. The third-order valence-corrected chi connectivity index (χ3v) is 3.82. The highest BCUT2D eigenvalue weighted by molar-refractivity contribution is 9.10. The van der Waals surface area contributed by atoms with Crippen molar-refractivity contribution in [3.63, 3.8) is 0 Å². The molecule has 0 atom stereocenters. The summed E-state index contributed by atoms with van der Waals surface area (Å²) < 4.78 is 1.11. The number of rotatable bonds is 3. The van der Waals surface area contributed by atoms with Crippen LogP contribution in [0.1, 0.15) is 31.2 Å². The molecule has 0 radical (unpaired) electrons. The van der Waals surface area contributed by atoms with E-state index in [1.807, 2.05) is 7.05 Å². The zero-order valence-corrected chi connectivity index (χ0v) is 12.3. The highest BCUT2D eigenvalue weighted by Crippen LogP contribution is 2.17. The quantitative estimate of drug-likeness (QED) is 0.665. The molecule has 0 spiro atoms. The SMILES string of the molecule is CN=C(NCc1ccc(Br)cc1)NC1CCCC1. The molecule has 1 aliphatic carbocycles. The van der Waals surface area contributed by atoms with Gasteiger partial charge in [-0.05, 0) is 30.5 Å². The zero-order chi connectivity index (χ0) is 12.8. The van der Waals surface area contributed by atoms with Crippen molar-refractivity contribution in [3.05, 3.63) is 34.3 Å². The van der Waals surface area contributed by atoms with E-state index in [0.717, 1.165) is 17.0 Å². The summed E-state index contributed by atoms with van der Waals surface area (Å²) in [7, 11) is 1.83. The first kappa shape index (κ1) is 13.4. The van der Waals surface area contributed by atoms with Gasteiger partial charge < -0.3 is 10.6 Å². The van der Waals surface area contributed by atoms with Gasteiger partial charge in [0.25, 0.3) is 0 Å². The summed E-state index contributed by atoms with van der Waals surface area (Å²) in [5.74, 6) is 0.907. The molecule has 1 aliphatic rings. The molecule has 0 bridgehead atoms. The molecule has 2 N–H and O–H groups in total. The molecule has 0 saturated heterocycles. The van der Waals surface area contributed by atoms with Crippen LogP contribution in [-0.2, 0) is 6.54 Å². The lowest BCUT2D eigenvalue weighted by molar-refractivity contribution is 0.613. The highest BCUT2D eigenvalue weighted by Gasteiger charge is 2.15. The third kappa shape index (κ3) is 4.02. The summed E-state index contributed by atoms with van der Waals surface area (Å²) in [5, 5.41) is 6.83. The molecule has 4 heteroatoms. The van der Waals surface area contributed by atoms with Gasteiger partial charge in [-0.25, -0.2) is 0 Å². The average Bonchev–Trinajstić information content (AvgIpc) is 2.89. The van der Waals surface area contributed by atoms with Gasteiger partial charge in [-0.15, -0.1) is 0 Å². The lowest BCUT2D eigenvalue weighted by Gasteiger charge is -2.16. The van der Waals surface area contributed by atoms with Crippen LogP contribution in [0.5, 0.6) is 0 Å². The minimum absolute atomic E-state index is 0.598. The van der Waals surface area contributed by atoms with E-state index in [1.165, 1.54) is 31.2 Å². The highest BCUT2D eigenvalue weighted by atomic mass is 79.9. The number of nitrogens with one attached hydrogen (secondary N) is 2. The van der Waals surface area contributed by atoms with Crippen LogP contribution in [0.3, 0.4) is 0 Å². The van der Waals surface area contributed by atoms with E-state index in [1.54, 1.807) is 0 Å². The van der Waals surface area contributed by atoms with E-state index in [0.29, 0.717) is 6.04 Å². The van der Waals surface area contributed by atoms with Crippen molar-refractivity contribution >= 4 is 21.9 Å². The molecule has 0 aromatic heterocycles. The molecular formula is C14H20BrN3. The number of hydrogen-bond donors (Lipinski definition) is 2. The van der Waals surface area contributed by atoms with E-state index in [2.05, 4.69) is 55.8 Å². The molecule has 18 heavy (non-hydrogen) atoms. The van der Waals surface area contributed by atoms with Crippen LogP contribution in [0.15, 0.2) is 33.7 Å². The van der Waals surface area contributed by atoms with Crippen LogP contribution in [0, 0.1) is 0 Å². The smallest absolute Gasteiger partial charge is 0.191 e. The molecular weight excluding hydrogens is 290 g/mol. The van der Waals surface area contributed by atoms with Gasteiger partial charge in [0, 0.05) is 24.1 Å². The van der Waals surface area contributed by atoms with Gasteiger partial charge in [-0.3, -0.25) is 4.99 Å². The van der Waals surface area contributed by atoms with Gasteiger partial charge in [-0.2, -0.15) is 0 Å². The van der Waals surface area contributed by atoms with Crippen molar-refractivity contribution in [1.29, 1.82) is 0 Å². The van der Waals surface area contributed by atoms with Gasteiger partial charge in [0.1, 0.15) is 0 Å². The Labute approximate surface area is 117 Å². The molecule has 98 valence electrons. The molecule has 0 unspecified atom stereocenters. The van der Waals surface area contributed by atoms with Crippen molar-refractivity contribution in [2.45, 2.75) is 38.3 Å². The van der Waals surface area contributed by atoms with Crippen molar-refractivity contribution in [1.82, 2.24) is 10.6 Å². The number of hydrogen-bond acceptors (Lipinski definition) is 1. The van der Waals surface area contributed by atoms with Crippen molar-refractivity contribution < 1.29 is 0 Å². The Morgan fingerprint density at radius 2 is 1.94 bits per heavy atom. The van der Waals surface area contributed by atoms with Gasteiger partial charge in [0.2, 0.25) is 0 Å². The normalized spacial score (nSPS) is 16.9. The van der Waals surface area contributed by atoms with Crippen LogP contribution < -0.4 is 10.6 Å². The lowest BCUT2D eigenvalue weighted by atomic mass is 10.2. The Bertz CT molecular complexity index is 394. The number of guanidine groups is 1. The van der Waals surface area contributed by atoms with Crippen molar-refractivity contribution in [2.75, 3.05) is 7.05 Å². The topological polar surface area (TPSA) is 36.4 Å². The van der Waals surface area contributed by atoms with E-state index < -0.39 is 0 Å². The second-order valence-corrected chi connectivity index (χ2v) is 5.59. The third-order valence-electron chi connectivity index (χ3n) is 3.29. The number of halogens is 1. The fourth-order valence-electron chi connectivity index (χ4n) is 2.25. The van der Waals surface area contributed by atoms with Crippen LogP contribution >= 0.6 is 15.9 Å². The summed E-state index contributed by atoms with van der Waals surface area (Å²) in [6.45, 7) is 0.805. The van der Waals surface area contributed by atoms with E-state index in [-0.39, 0.29) is 0 Å². The Kier molecular flexibility index (Phi) is 5.05. The maximum Gasteiger partial charge on any atom is 0.191 e. The lowest BCUT2D eigenvalue weighted by Crippen LogP contribution is -2.41. The van der Waals surface area contributed by atoms with Gasteiger partial charge in [0.05, 0.1) is 0 Å². The van der Waals surface area contributed by atoms with Gasteiger partial charge in [-0.1, -0.05) is 40.9 Å². The monoisotopic (exact) mass is 309 g/mol. The first-order valence-corrected chi connectivity index (χ1v) is 7.29. The first-order valence-electron chi connectivity index (χ1n) is 6.49. The summed E-state index contributed by atoms with van der Waals surface area (Å²) in [6, 6.07) is 8.94. The molecule has 2 rings (SSSR count). The Morgan fingerprint density at radius 3 is 2.56 bits per heavy atom. The molecule has 0 aliphatic heterocycles. The summed E-state index contributed by atoms with van der Waals surface area (Å²) in [4.78, 5) is 4.27. The molecule has 1 aromatic rings. The Hall–Kier alpha value is -1.03. The molecule has 1 fully saturated rings. The van der Waals surface area contributed by atoms with Gasteiger partial charge >= 0.3 is 0 Å². The van der Waals surface area contributed by atoms with Crippen molar-refractivity contribution in [3.8, 4) is 0 Å². The largest absolute Gasteiger partial charge is 0.354 e. The maximum atomic E-state index is 4.27. The predicted molar refractivity (Wildman–Crippen MR) is 79.7 cm³/mol. The minimum atomic E-state index is 0.598. The first-order chi connectivity index (χ1) is 8.78. The van der Waals surface area contributed by atoms with E-state index in [9.17, 15) is 0 Å². The minimum Gasteiger partial charge on any atom is -0.354 e. The fourth-order valence-corrected chi connectivity index (χ4v) is 2.51. The second-order valence-electron chi connectivity index (χ2n) is 4.68. The van der Waals surface area contributed by atoms with E-state index >= 15 is 0 Å². The summed E-state index contributed by atoms with van der Waals surface area (Å²) >= 11 is 3.44. The standard InChI is InChI=1S/C14H20BrN3/c1-16-14(18-13-4-2-3-5-13)17-10-11-6-8-12(15)9-7-11/h6-9,13H,2-5,10H2,1H3,(H2,16,17,18). The predicted octanol–water partition coefficient (Wildman–Crippen LogP) is 3.06. The van der Waals surface area contributed by atoms with Crippen LogP contribution in [0.4, 0.5) is 0 Å². The number of benzene rings is 1. The summed E-state index contributed by atoms with van der Waals surface area (Å²) in [6.07, 6.45) is 5.20. The van der Waals surface area contributed by atoms with Crippen LogP contribution in [0.25, 0.3) is 0 Å². The number of nitrogens with zero attached hydrogens (tertiary/aromatic N) is 1. The van der Waals surface area contributed by atoms with Crippen LogP contribution in [-0.4, -0.2) is 19.0 Å². The number of aliphatic imine (C=N–C) groups is 1. The van der Waals surface area contributed by atoms with Crippen molar-refractivity contribution in [2.24, 2.45) is 4.99 Å². The van der Waals surface area contributed by atoms with Crippen LogP contribution in [0.2, 0.25) is 0 Å². The average molecular weight is 310 g/mol. The summed E-state index contributed by atoms with van der Waals surface area (Å²) in [5.41, 5.74) is 1.26. The zero-order valence-electron chi connectivity index (χ0n) is 10.7. The van der Waals surface area contributed by atoms with E-state index in [4.69, 9.17) is 0 Å². The van der Waals surface area contributed by atoms with Gasteiger partial charge in [0.15, 0.2) is 5.96 Å². The molecule has 0 amide bonds. The Balaban J connectivity index is 1.81. The second kappa shape index (κ2) is 6.78.